The summed E-state index contributed by atoms with van der Waals surface area (Å²) in [5.41, 5.74) is -0.446. The number of allylic oxidation sites excluding steroid dienone is 1. The first-order valence-corrected chi connectivity index (χ1v) is 9.01. The summed E-state index contributed by atoms with van der Waals surface area (Å²) in [6, 6.07) is 0. The summed E-state index contributed by atoms with van der Waals surface area (Å²) in [7, 11) is 0. The summed E-state index contributed by atoms with van der Waals surface area (Å²) in [5.74, 6) is -0.0263. The lowest BCUT2D eigenvalue weighted by Gasteiger charge is -2.29. The van der Waals surface area contributed by atoms with Gasteiger partial charge in [0.1, 0.15) is 6.79 Å². The lowest BCUT2D eigenvalue weighted by molar-refractivity contribution is -0.196. The van der Waals surface area contributed by atoms with Gasteiger partial charge in [-0.3, -0.25) is 0 Å². The van der Waals surface area contributed by atoms with Crippen LogP contribution in [0, 0.1) is 17.8 Å². The van der Waals surface area contributed by atoms with Crippen molar-refractivity contribution in [3.05, 3.63) is 12.2 Å². The normalized spacial score (nSPS) is 31.0. The second-order valence-electron chi connectivity index (χ2n) is 7.63. The van der Waals surface area contributed by atoms with Crippen molar-refractivity contribution in [2.24, 2.45) is 17.8 Å². The smallest absolute Gasteiger partial charge is 0.157 e. The molecular weight excluding hydrogens is 328 g/mol. The van der Waals surface area contributed by atoms with E-state index in [2.05, 4.69) is 0 Å². The summed E-state index contributed by atoms with van der Waals surface area (Å²) in [5, 5.41) is 38.8. The molecule has 0 heterocycles. The van der Waals surface area contributed by atoms with Gasteiger partial charge in [-0.05, 0) is 32.6 Å². The van der Waals surface area contributed by atoms with Crippen molar-refractivity contribution in [2.75, 3.05) is 13.4 Å². The van der Waals surface area contributed by atoms with Gasteiger partial charge < -0.3 is 34.6 Å². The van der Waals surface area contributed by atoms with Gasteiger partial charge in [0, 0.05) is 18.3 Å². The molecule has 0 spiro atoms. The van der Waals surface area contributed by atoms with Gasteiger partial charge in [0.25, 0.3) is 0 Å². The standard InChI is InChI=1S/C18H32O7/c1-4-18(2,3)25-14(20)8-13(19)9-23-10-24-16-12-6-5-11(7-12)15(16)17(21)22/h5-6,11-17,19-22H,4,7-10H2,1-3H3. The molecule has 4 N–H and O–H groups in total. The molecule has 0 aromatic heterocycles. The molecule has 0 aromatic rings. The third kappa shape index (κ3) is 5.72. The van der Waals surface area contributed by atoms with Crippen LogP contribution in [0.2, 0.25) is 0 Å². The zero-order chi connectivity index (χ0) is 18.6. The minimum Gasteiger partial charge on any atom is -0.391 e. The minimum atomic E-state index is -1.41. The molecule has 6 atom stereocenters. The Bertz CT molecular complexity index is 437. The average Bonchev–Trinajstić information content (AvgIpc) is 3.11. The Morgan fingerprint density at radius 1 is 1.12 bits per heavy atom. The van der Waals surface area contributed by atoms with Crippen molar-refractivity contribution >= 4 is 0 Å². The first-order valence-electron chi connectivity index (χ1n) is 9.01. The first-order chi connectivity index (χ1) is 11.7. The molecule has 0 aromatic carbocycles. The van der Waals surface area contributed by atoms with Crippen LogP contribution in [0.4, 0.5) is 0 Å². The van der Waals surface area contributed by atoms with E-state index < -0.39 is 24.3 Å². The fourth-order valence-electron chi connectivity index (χ4n) is 3.55. The molecule has 0 amide bonds. The maximum Gasteiger partial charge on any atom is 0.157 e. The molecule has 1 fully saturated rings. The summed E-state index contributed by atoms with van der Waals surface area (Å²) in [4.78, 5) is 0. The number of aliphatic hydroxyl groups is 4. The van der Waals surface area contributed by atoms with Gasteiger partial charge in [0.15, 0.2) is 12.6 Å². The predicted molar refractivity (Wildman–Crippen MR) is 90.2 cm³/mol. The Morgan fingerprint density at radius 2 is 1.80 bits per heavy atom. The topological polar surface area (TPSA) is 109 Å². The highest BCUT2D eigenvalue weighted by atomic mass is 16.7. The van der Waals surface area contributed by atoms with E-state index in [1.165, 1.54) is 0 Å². The molecular formula is C18H32O7. The lowest BCUT2D eigenvalue weighted by atomic mass is 9.90. The molecule has 7 heteroatoms. The maximum atomic E-state index is 9.91. The van der Waals surface area contributed by atoms with Crippen molar-refractivity contribution < 1.29 is 34.6 Å². The minimum absolute atomic E-state index is 0.00989. The molecule has 0 radical (unpaired) electrons. The van der Waals surface area contributed by atoms with E-state index in [0.717, 1.165) is 12.8 Å². The maximum absolute atomic E-state index is 9.91. The second kappa shape index (κ2) is 8.90. The highest BCUT2D eigenvalue weighted by Gasteiger charge is 2.48. The van der Waals surface area contributed by atoms with Crippen LogP contribution >= 0.6 is 0 Å². The van der Waals surface area contributed by atoms with Gasteiger partial charge in [-0.2, -0.15) is 0 Å². The fourth-order valence-corrected chi connectivity index (χ4v) is 3.55. The third-order valence-electron chi connectivity index (χ3n) is 5.22. The van der Waals surface area contributed by atoms with E-state index in [1.54, 1.807) is 0 Å². The SMILES string of the molecule is CCC(C)(C)OC(O)CC(O)COCOC1C2C=CC(C2)C1C(O)O. The molecule has 2 aliphatic carbocycles. The Balaban J connectivity index is 1.65. The lowest BCUT2D eigenvalue weighted by Crippen LogP contribution is -2.37. The third-order valence-corrected chi connectivity index (χ3v) is 5.22. The number of aliphatic hydroxyl groups excluding tert-OH is 3. The van der Waals surface area contributed by atoms with Crippen LogP contribution in [0.5, 0.6) is 0 Å². The molecule has 0 saturated heterocycles. The summed E-state index contributed by atoms with van der Waals surface area (Å²) in [6.45, 7) is 5.69. The second-order valence-corrected chi connectivity index (χ2v) is 7.63. The first kappa shape index (κ1) is 20.8. The van der Waals surface area contributed by atoms with Crippen molar-refractivity contribution in [1.29, 1.82) is 0 Å². The molecule has 2 rings (SSSR count). The number of fused-ring (bicyclic) bond motifs is 2. The zero-order valence-corrected chi connectivity index (χ0v) is 15.2. The molecule has 6 unspecified atom stereocenters. The highest BCUT2D eigenvalue weighted by molar-refractivity contribution is 5.15. The van der Waals surface area contributed by atoms with E-state index in [4.69, 9.17) is 14.2 Å². The van der Waals surface area contributed by atoms with Gasteiger partial charge in [-0.15, -0.1) is 0 Å². The van der Waals surface area contributed by atoms with E-state index in [9.17, 15) is 20.4 Å². The van der Waals surface area contributed by atoms with Gasteiger partial charge in [-0.25, -0.2) is 0 Å². The van der Waals surface area contributed by atoms with Gasteiger partial charge >= 0.3 is 0 Å². The van der Waals surface area contributed by atoms with E-state index in [1.807, 2.05) is 32.9 Å². The molecule has 0 aliphatic heterocycles. The highest BCUT2D eigenvalue weighted by Crippen LogP contribution is 2.46. The number of hydrogen-bond acceptors (Lipinski definition) is 7. The van der Waals surface area contributed by atoms with Crippen molar-refractivity contribution in [3.63, 3.8) is 0 Å². The largest absolute Gasteiger partial charge is 0.391 e. The van der Waals surface area contributed by atoms with Gasteiger partial charge in [0.05, 0.1) is 24.4 Å². The molecule has 7 nitrogen and oxygen atoms in total. The molecule has 2 aliphatic rings. The monoisotopic (exact) mass is 360 g/mol. The van der Waals surface area contributed by atoms with Gasteiger partial charge in [-0.1, -0.05) is 19.1 Å². The average molecular weight is 360 g/mol. The Morgan fingerprint density at radius 3 is 2.44 bits per heavy atom. The molecule has 1 saturated carbocycles. The van der Waals surface area contributed by atoms with Gasteiger partial charge in [0.2, 0.25) is 0 Å². The van der Waals surface area contributed by atoms with Crippen LogP contribution in [-0.4, -0.2) is 64.2 Å². The summed E-state index contributed by atoms with van der Waals surface area (Å²) in [6.07, 6.45) is 2.11. The molecule has 25 heavy (non-hydrogen) atoms. The van der Waals surface area contributed by atoms with Crippen LogP contribution in [0.25, 0.3) is 0 Å². The Labute approximate surface area is 149 Å². The van der Waals surface area contributed by atoms with Crippen LogP contribution < -0.4 is 0 Å². The molecule has 146 valence electrons. The zero-order valence-electron chi connectivity index (χ0n) is 15.2. The van der Waals surface area contributed by atoms with E-state index in [0.29, 0.717) is 0 Å². The summed E-state index contributed by atoms with van der Waals surface area (Å²) < 4.78 is 16.5. The van der Waals surface area contributed by atoms with E-state index >= 15 is 0 Å². The van der Waals surface area contributed by atoms with Crippen LogP contribution in [0.15, 0.2) is 12.2 Å². The molecule has 2 bridgehead atoms. The quantitative estimate of drug-likeness (QED) is 0.245. The van der Waals surface area contributed by atoms with Crippen LogP contribution in [0.3, 0.4) is 0 Å². The fraction of sp³-hybridized carbons (Fsp3) is 0.889. The van der Waals surface area contributed by atoms with Crippen molar-refractivity contribution in [3.8, 4) is 0 Å². The van der Waals surface area contributed by atoms with Crippen molar-refractivity contribution in [1.82, 2.24) is 0 Å². The number of hydrogen-bond donors (Lipinski definition) is 4. The van der Waals surface area contributed by atoms with Crippen molar-refractivity contribution in [2.45, 2.75) is 70.4 Å². The van der Waals surface area contributed by atoms with E-state index in [-0.39, 0.29) is 43.7 Å². The predicted octanol–water partition coefficient (Wildman–Crippen LogP) is 0.753. The van der Waals surface area contributed by atoms with Crippen LogP contribution in [-0.2, 0) is 14.2 Å². The number of rotatable bonds is 11. The summed E-state index contributed by atoms with van der Waals surface area (Å²) >= 11 is 0. The van der Waals surface area contributed by atoms with Crippen LogP contribution in [0.1, 0.15) is 40.0 Å². The Kier molecular flexibility index (Phi) is 7.40. The Hall–Kier alpha value is -0.540. The number of ether oxygens (including phenoxy) is 3.